The Morgan fingerprint density at radius 2 is 1.28 bits per heavy atom. The molecule has 3 aliphatic carbocycles. The zero-order valence-corrected chi connectivity index (χ0v) is 12.0. The summed E-state index contributed by atoms with van der Waals surface area (Å²) in [6.45, 7) is 0. The summed E-state index contributed by atoms with van der Waals surface area (Å²) >= 11 is 0. The Bertz CT molecular complexity index is 263. The van der Waals surface area contributed by atoms with E-state index in [2.05, 4.69) is 0 Å². The van der Waals surface area contributed by atoms with Crippen molar-refractivity contribution in [3.8, 4) is 0 Å². The summed E-state index contributed by atoms with van der Waals surface area (Å²) in [7, 11) is 0. The van der Waals surface area contributed by atoms with Crippen molar-refractivity contribution in [3.63, 3.8) is 0 Å². The van der Waals surface area contributed by atoms with Gasteiger partial charge in [-0.2, -0.15) is 0 Å². The average molecular weight is 249 g/mol. The van der Waals surface area contributed by atoms with Gasteiger partial charge in [0.05, 0.1) is 0 Å². The van der Waals surface area contributed by atoms with Gasteiger partial charge in [0.1, 0.15) is 0 Å². The Hall–Kier alpha value is -0.0400. The summed E-state index contributed by atoms with van der Waals surface area (Å²) in [5.74, 6) is 2.71. The first-order chi connectivity index (χ1) is 8.81. The first-order valence-corrected chi connectivity index (χ1v) is 8.59. The highest BCUT2D eigenvalue weighted by atomic mass is 14.8. The standard InChI is InChI=1S/C17H31N/c18-17(15-10-4-5-11-15)13-7-6-12-16(17)14-8-2-1-3-9-14/h14-16H,1-13,18H2. The van der Waals surface area contributed by atoms with Crippen LogP contribution in [-0.2, 0) is 0 Å². The zero-order valence-electron chi connectivity index (χ0n) is 12.0. The van der Waals surface area contributed by atoms with Gasteiger partial charge < -0.3 is 5.73 Å². The summed E-state index contributed by atoms with van der Waals surface area (Å²) < 4.78 is 0. The van der Waals surface area contributed by atoms with Gasteiger partial charge in [-0.05, 0) is 43.4 Å². The van der Waals surface area contributed by atoms with Gasteiger partial charge in [0.2, 0.25) is 0 Å². The smallest absolute Gasteiger partial charge is 0.0214 e. The average Bonchev–Trinajstić information content (AvgIpc) is 2.95. The Kier molecular flexibility index (Phi) is 3.98. The molecule has 0 saturated heterocycles. The van der Waals surface area contributed by atoms with Crippen LogP contribution in [0.3, 0.4) is 0 Å². The fourth-order valence-electron chi connectivity index (χ4n) is 5.43. The maximum absolute atomic E-state index is 7.04. The summed E-state index contributed by atoms with van der Waals surface area (Å²) in [4.78, 5) is 0. The maximum Gasteiger partial charge on any atom is 0.0214 e. The second kappa shape index (κ2) is 5.53. The van der Waals surface area contributed by atoms with Crippen LogP contribution in [0.2, 0.25) is 0 Å². The summed E-state index contributed by atoms with van der Waals surface area (Å²) in [6.07, 6.45) is 18.8. The van der Waals surface area contributed by atoms with Crippen molar-refractivity contribution in [1.29, 1.82) is 0 Å². The van der Waals surface area contributed by atoms with E-state index in [1.54, 1.807) is 0 Å². The van der Waals surface area contributed by atoms with Gasteiger partial charge in [0.15, 0.2) is 0 Å². The predicted octanol–water partition coefficient (Wildman–Crippen LogP) is 4.64. The molecule has 3 aliphatic rings. The largest absolute Gasteiger partial charge is 0.325 e. The molecular formula is C17H31N. The van der Waals surface area contributed by atoms with Crippen molar-refractivity contribution >= 4 is 0 Å². The third-order valence-corrected chi connectivity index (χ3v) is 6.40. The molecule has 18 heavy (non-hydrogen) atoms. The molecule has 0 radical (unpaired) electrons. The van der Waals surface area contributed by atoms with Gasteiger partial charge in [0.25, 0.3) is 0 Å². The molecule has 0 spiro atoms. The topological polar surface area (TPSA) is 26.0 Å². The lowest BCUT2D eigenvalue weighted by Gasteiger charge is -2.50. The molecule has 0 bridgehead atoms. The maximum atomic E-state index is 7.04. The fraction of sp³-hybridized carbons (Fsp3) is 1.00. The second-order valence-electron chi connectivity index (χ2n) is 7.34. The number of hydrogen-bond acceptors (Lipinski definition) is 1. The molecule has 1 heteroatoms. The molecule has 1 nitrogen and oxygen atoms in total. The highest BCUT2D eigenvalue weighted by Gasteiger charge is 2.46. The lowest BCUT2D eigenvalue weighted by molar-refractivity contribution is 0.0558. The molecule has 0 aromatic rings. The molecule has 2 N–H and O–H groups in total. The van der Waals surface area contributed by atoms with Crippen LogP contribution in [0.4, 0.5) is 0 Å². The Morgan fingerprint density at radius 1 is 0.667 bits per heavy atom. The normalized spacial score (nSPS) is 40.2. The third-order valence-electron chi connectivity index (χ3n) is 6.40. The van der Waals surface area contributed by atoms with Gasteiger partial charge in [-0.3, -0.25) is 0 Å². The van der Waals surface area contributed by atoms with Crippen molar-refractivity contribution < 1.29 is 0 Å². The van der Waals surface area contributed by atoms with Gasteiger partial charge in [-0.15, -0.1) is 0 Å². The van der Waals surface area contributed by atoms with Crippen molar-refractivity contribution in [1.82, 2.24) is 0 Å². The van der Waals surface area contributed by atoms with E-state index in [0.717, 1.165) is 17.8 Å². The lowest BCUT2D eigenvalue weighted by Crippen LogP contribution is -2.56. The molecule has 2 atom stereocenters. The van der Waals surface area contributed by atoms with E-state index >= 15 is 0 Å². The molecule has 3 rings (SSSR count). The van der Waals surface area contributed by atoms with Gasteiger partial charge in [-0.1, -0.05) is 57.8 Å². The molecule has 3 fully saturated rings. The summed E-state index contributed by atoms with van der Waals surface area (Å²) in [6, 6.07) is 0. The number of rotatable bonds is 2. The van der Waals surface area contributed by atoms with Gasteiger partial charge in [-0.25, -0.2) is 0 Å². The van der Waals surface area contributed by atoms with Crippen molar-refractivity contribution in [3.05, 3.63) is 0 Å². The van der Waals surface area contributed by atoms with E-state index in [1.165, 1.54) is 83.5 Å². The first kappa shape index (κ1) is 13.0. The van der Waals surface area contributed by atoms with Crippen LogP contribution in [-0.4, -0.2) is 5.54 Å². The van der Waals surface area contributed by atoms with Crippen molar-refractivity contribution in [2.45, 2.75) is 89.0 Å². The molecule has 0 heterocycles. The van der Waals surface area contributed by atoms with Crippen LogP contribution in [0.15, 0.2) is 0 Å². The van der Waals surface area contributed by atoms with Crippen LogP contribution in [0.5, 0.6) is 0 Å². The Labute approximate surface area is 113 Å². The van der Waals surface area contributed by atoms with Crippen LogP contribution in [0.25, 0.3) is 0 Å². The monoisotopic (exact) mass is 249 g/mol. The van der Waals surface area contributed by atoms with E-state index in [1.807, 2.05) is 0 Å². The van der Waals surface area contributed by atoms with Crippen LogP contribution >= 0.6 is 0 Å². The molecule has 0 aromatic heterocycles. The molecule has 104 valence electrons. The molecular weight excluding hydrogens is 218 g/mol. The van der Waals surface area contributed by atoms with E-state index in [4.69, 9.17) is 5.73 Å². The summed E-state index contributed by atoms with van der Waals surface area (Å²) in [5.41, 5.74) is 7.27. The summed E-state index contributed by atoms with van der Waals surface area (Å²) in [5, 5.41) is 0. The quantitative estimate of drug-likeness (QED) is 0.757. The van der Waals surface area contributed by atoms with E-state index in [0.29, 0.717) is 0 Å². The predicted molar refractivity (Wildman–Crippen MR) is 77.4 cm³/mol. The Morgan fingerprint density at radius 3 is 2.00 bits per heavy atom. The van der Waals surface area contributed by atoms with Crippen molar-refractivity contribution in [2.24, 2.45) is 23.5 Å². The second-order valence-corrected chi connectivity index (χ2v) is 7.34. The number of hydrogen-bond donors (Lipinski definition) is 1. The lowest BCUT2D eigenvalue weighted by atomic mass is 9.59. The third kappa shape index (κ3) is 2.35. The highest BCUT2D eigenvalue weighted by Crippen LogP contribution is 2.49. The van der Waals surface area contributed by atoms with Crippen molar-refractivity contribution in [2.75, 3.05) is 0 Å². The number of nitrogens with two attached hydrogens (primary N) is 1. The van der Waals surface area contributed by atoms with Gasteiger partial charge in [0, 0.05) is 5.54 Å². The minimum atomic E-state index is 0.233. The van der Waals surface area contributed by atoms with E-state index in [-0.39, 0.29) is 5.54 Å². The molecule has 0 aromatic carbocycles. The molecule has 0 amide bonds. The minimum absolute atomic E-state index is 0.233. The van der Waals surface area contributed by atoms with Crippen LogP contribution in [0, 0.1) is 17.8 Å². The van der Waals surface area contributed by atoms with Crippen LogP contribution < -0.4 is 5.73 Å². The molecule has 2 unspecified atom stereocenters. The minimum Gasteiger partial charge on any atom is -0.325 e. The zero-order chi connectivity index (χ0) is 12.4. The van der Waals surface area contributed by atoms with Crippen LogP contribution in [0.1, 0.15) is 83.5 Å². The SMILES string of the molecule is NC1(C2CCCC2)CCCCC1C1CCCCC1. The molecule has 3 saturated carbocycles. The molecule has 0 aliphatic heterocycles. The fourth-order valence-corrected chi connectivity index (χ4v) is 5.43. The Balaban J connectivity index is 1.75. The van der Waals surface area contributed by atoms with E-state index in [9.17, 15) is 0 Å². The van der Waals surface area contributed by atoms with E-state index < -0.39 is 0 Å². The first-order valence-electron chi connectivity index (χ1n) is 8.59. The van der Waals surface area contributed by atoms with Gasteiger partial charge >= 0.3 is 0 Å². The highest BCUT2D eigenvalue weighted by molar-refractivity contribution is 5.02.